The molecule has 0 atom stereocenters. The number of thiazole rings is 1. The quantitative estimate of drug-likeness (QED) is 0.231. The molecule has 0 unspecified atom stereocenters. The van der Waals surface area contributed by atoms with Crippen molar-refractivity contribution in [3.05, 3.63) is 82.9 Å². The Morgan fingerprint density at radius 1 is 0.850 bits per heavy atom. The molecule has 4 aromatic rings. The predicted octanol–water partition coefficient (Wildman–Crippen LogP) is 7.48. The van der Waals surface area contributed by atoms with Crippen molar-refractivity contribution in [2.45, 2.75) is 39.5 Å². The summed E-state index contributed by atoms with van der Waals surface area (Å²) in [6.45, 7) is 7.00. The smallest absolute Gasteiger partial charge is 0.416 e. The molecule has 0 aliphatic heterocycles. The SMILES string of the molecule is Cc1ccc(NC(=O)c2cccc(C(F)(F)F)c2)cc1NC(=O)c1ccc2nc(NC(=O)OC(C)(C)C)sc2c1. The zero-order chi connectivity index (χ0) is 29.2. The van der Waals surface area contributed by atoms with Gasteiger partial charge in [0.05, 0.1) is 15.8 Å². The van der Waals surface area contributed by atoms with Gasteiger partial charge in [-0.25, -0.2) is 9.78 Å². The van der Waals surface area contributed by atoms with Crippen LogP contribution in [0.25, 0.3) is 10.2 Å². The van der Waals surface area contributed by atoms with Crippen LogP contribution in [0.4, 0.5) is 34.5 Å². The highest BCUT2D eigenvalue weighted by molar-refractivity contribution is 7.22. The molecule has 3 aromatic carbocycles. The maximum absolute atomic E-state index is 13.0. The summed E-state index contributed by atoms with van der Waals surface area (Å²) < 4.78 is 44.9. The van der Waals surface area contributed by atoms with Crippen LogP contribution in [-0.2, 0) is 10.9 Å². The highest BCUT2D eigenvalue weighted by atomic mass is 32.1. The second kappa shape index (κ2) is 11.0. The van der Waals surface area contributed by atoms with Gasteiger partial charge in [-0.05, 0) is 81.8 Å². The summed E-state index contributed by atoms with van der Waals surface area (Å²) in [5.74, 6) is -1.15. The number of hydrogen-bond donors (Lipinski definition) is 3. The van der Waals surface area contributed by atoms with Crippen molar-refractivity contribution in [3.8, 4) is 0 Å². The summed E-state index contributed by atoms with van der Waals surface area (Å²) in [5.41, 5.74) is 0.571. The van der Waals surface area contributed by atoms with Crippen LogP contribution < -0.4 is 16.0 Å². The third kappa shape index (κ3) is 7.14. The van der Waals surface area contributed by atoms with Gasteiger partial charge < -0.3 is 15.4 Å². The van der Waals surface area contributed by atoms with Crippen LogP contribution in [0.3, 0.4) is 0 Å². The van der Waals surface area contributed by atoms with Crippen LogP contribution in [0.5, 0.6) is 0 Å². The van der Waals surface area contributed by atoms with E-state index in [1.165, 1.54) is 23.5 Å². The molecule has 8 nitrogen and oxygen atoms in total. The number of ether oxygens (including phenoxy) is 1. The van der Waals surface area contributed by atoms with Gasteiger partial charge in [0.1, 0.15) is 5.60 Å². The maximum atomic E-state index is 13.0. The normalized spacial score (nSPS) is 11.7. The molecule has 1 aromatic heterocycles. The van der Waals surface area contributed by atoms with Crippen molar-refractivity contribution >= 4 is 56.0 Å². The Kier molecular flexibility index (Phi) is 7.83. The number of aryl methyl sites for hydroxylation is 1. The van der Waals surface area contributed by atoms with E-state index in [1.54, 1.807) is 58.0 Å². The van der Waals surface area contributed by atoms with Crippen LogP contribution >= 0.6 is 11.3 Å². The molecule has 12 heteroatoms. The van der Waals surface area contributed by atoms with Gasteiger partial charge in [0.2, 0.25) is 0 Å². The summed E-state index contributed by atoms with van der Waals surface area (Å²) in [6.07, 6.45) is -5.21. The fourth-order valence-corrected chi connectivity index (χ4v) is 4.47. The van der Waals surface area contributed by atoms with Crippen molar-refractivity contribution in [2.24, 2.45) is 0 Å². The van der Waals surface area contributed by atoms with Crippen molar-refractivity contribution in [2.75, 3.05) is 16.0 Å². The molecule has 4 rings (SSSR count). The van der Waals surface area contributed by atoms with E-state index < -0.39 is 35.2 Å². The highest BCUT2D eigenvalue weighted by Gasteiger charge is 2.31. The topological polar surface area (TPSA) is 109 Å². The molecule has 3 N–H and O–H groups in total. The molecule has 3 amide bonds. The van der Waals surface area contributed by atoms with Gasteiger partial charge in [-0.3, -0.25) is 14.9 Å². The molecule has 0 fully saturated rings. The minimum absolute atomic E-state index is 0.153. The van der Waals surface area contributed by atoms with Gasteiger partial charge in [0.25, 0.3) is 11.8 Å². The number of rotatable bonds is 5. The summed E-state index contributed by atoms with van der Waals surface area (Å²) in [4.78, 5) is 42.0. The molecule has 0 spiro atoms. The van der Waals surface area contributed by atoms with Crippen LogP contribution in [0.1, 0.15) is 52.6 Å². The minimum atomic E-state index is -4.57. The first-order valence-electron chi connectivity index (χ1n) is 12.0. The lowest BCUT2D eigenvalue weighted by Crippen LogP contribution is -2.27. The molecule has 0 aliphatic rings. The molecule has 0 aliphatic carbocycles. The van der Waals surface area contributed by atoms with Crippen LogP contribution in [0.2, 0.25) is 0 Å². The van der Waals surface area contributed by atoms with Gasteiger partial charge in [0.15, 0.2) is 5.13 Å². The number of carbonyl (C=O) groups excluding carboxylic acids is 3. The number of carbonyl (C=O) groups is 3. The molecular formula is C28H25F3N4O4S. The molecule has 0 radical (unpaired) electrons. The summed E-state index contributed by atoms with van der Waals surface area (Å²) in [6, 6.07) is 13.7. The number of anilines is 3. The number of aromatic nitrogens is 1. The minimum Gasteiger partial charge on any atom is -0.444 e. The Morgan fingerprint density at radius 2 is 1.55 bits per heavy atom. The molecular weight excluding hydrogens is 545 g/mol. The first-order valence-corrected chi connectivity index (χ1v) is 12.8. The average molecular weight is 571 g/mol. The van der Waals surface area contributed by atoms with E-state index in [9.17, 15) is 27.6 Å². The van der Waals surface area contributed by atoms with E-state index >= 15 is 0 Å². The molecule has 0 bridgehead atoms. The second-order valence-electron chi connectivity index (χ2n) is 9.84. The van der Waals surface area contributed by atoms with Crippen LogP contribution in [0, 0.1) is 6.92 Å². The third-order valence-electron chi connectivity index (χ3n) is 5.45. The van der Waals surface area contributed by atoms with Crippen molar-refractivity contribution in [3.63, 3.8) is 0 Å². The van der Waals surface area contributed by atoms with Gasteiger partial charge in [-0.2, -0.15) is 13.2 Å². The zero-order valence-electron chi connectivity index (χ0n) is 21.9. The molecule has 40 heavy (non-hydrogen) atoms. The third-order valence-corrected chi connectivity index (χ3v) is 6.39. The Bertz CT molecular complexity index is 1610. The van der Waals surface area contributed by atoms with Gasteiger partial charge in [-0.15, -0.1) is 0 Å². The first kappa shape index (κ1) is 28.6. The number of alkyl halides is 3. The van der Waals surface area contributed by atoms with E-state index in [-0.39, 0.29) is 5.56 Å². The lowest BCUT2D eigenvalue weighted by Gasteiger charge is -2.18. The number of nitrogens with zero attached hydrogens (tertiary/aromatic N) is 1. The Hall–Kier alpha value is -4.45. The molecule has 0 saturated carbocycles. The number of halogens is 3. The monoisotopic (exact) mass is 570 g/mol. The van der Waals surface area contributed by atoms with E-state index in [0.717, 1.165) is 18.2 Å². The van der Waals surface area contributed by atoms with Gasteiger partial charge in [0, 0.05) is 22.5 Å². The second-order valence-corrected chi connectivity index (χ2v) is 10.9. The Labute approximate surface area is 231 Å². The highest BCUT2D eigenvalue weighted by Crippen LogP contribution is 2.30. The lowest BCUT2D eigenvalue weighted by atomic mass is 10.1. The number of benzene rings is 3. The fraction of sp³-hybridized carbons (Fsp3) is 0.214. The van der Waals surface area contributed by atoms with Crippen molar-refractivity contribution in [1.82, 2.24) is 4.98 Å². The zero-order valence-corrected chi connectivity index (χ0v) is 22.7. The van der Waals surface area contributed by atoms with E-state index in [1.807, 2.05) is 0 Å². The summed E-state index contributed by atoms with van der Waals surface area (Å²) >= 11 is 1.18. The Morgan fingerprint density at radius 3 is 2.25 bits per heavy atom. The van der Waals surface area contributed by atoms with Crippen LogP contribution in [0.15, 0.2) is 60.7 Å². The number of nitrogens with one attached hydrogen (secondary N) is 3. The Balaban J connectivity index is 1.47. The number of amides is 3. The van der Waals surface area contributed by atoms with Crippen LogP contribution in [-0.4, -0.2) is 28.5 Å². The summed E-state index contributed by atoms with van der Waals surface area (Å²) in [5, 5.41) is 8.26. The lowest BCUT2D eigenvalue weighted by molar-refractivity contribution is -0.137. The number of hydrogen-bond acceptors (Lipinski definition) is 6. The molecule has 0 saturated heterocycles. The van der Waals surface area contributed by atoms with Crippen molar-refractivity contribution in [1.29, 1.82) is 0 Å². The van der Waals surface area contributed by atoms with Gasteiger partial charge in [-0.1, -0.05) is 23.5 Å². The molecule has 1 heterocycles. The van der Waals surface area contributed by atoms with E-state index in [0.29, 0.717) is 37.8 Å². The van der Waals surface area contributed by atoms with Gasteiger partial charge >= 0.3 is 12.3 Å². The predicted molar refractivity (Wildman–Crippen MR) is 148 cm³/mol. The van der Waals surface area contributed by atoms with E-state index in [2.05, 4.69) is 20.9 Å². The van der Waals surface area contributed by atoms with E-state index in [4.69, 9.17) is 4.74 Å². The largest absolute Gasteiger partial charge is 0.444 e. The van der Waals surface area contributed by atoms with Crippen molar-refractivity contribution < 1.29 is 32.3 Å². The molecule has 208 valence electrons. The standard InChI is InChI=1S/C28H25F3N4O4S/c1-15-8-10-19(32-23(36)16-6-5-7-18(12-16)28(29,30)31)14-21(15)33-24(37)17-9-11-20-22(13-17)40-25(34-20)35-26(38)39-27(2,3)4/h5-14H,1-4H3,(H,32,36)(H,33,37)(H,34,35,38). The fourth-order valence-electron chi connectivity index (χ4n) is 3.58. The first-order chi connectivity index (χ1) is 18.7. The average Bonchev–Trinajstić information content (AvgIpc) is 3.25. The summed E-state index contributed by atoms with van der Waals surface area (Å²) in [7, 11) is 0. The maximum Gasteiger partial charge on any atom is 0.416 e. The number of fused-ring (bicyclic) bond motifs is 1.